The Kier molecular flexibility index (Phi) is 5.29. The monoisotopic (exact) mass is 343 g/mol. The summed E-state index contributed by atoms with van der Waals surface area (Å²) in [6.45, 7) is 4.63. The lowest BCUT2D eigenvalue weighted by atomic mass is 9.70. The Bertz CT molecular complexity index is 333. The molecule has 1 nitrogen and oxygen atoms in total. The lowest BCUT2D eigenvalue weighted by Crippen LogP contribution is -2.36. The second-order valence-electron chi connectivity index (χ2n) is 5.13. The van der Waals surface area contributed by atoms with Crippen LogP contribution in [0.1, 0.15) is 31.7 Å². The summed E-state index contributed by atoms with van der Waals surface area (Å²) >= 11 is 2.37. The first-order valence-corrected chi connectivity index (χ1v) is 7.82. The first-order chi connectivity index (χ1) is 8.29. The first-order valence-electron chi connectivity index (χ1n) is 6.74. The van der Waals surface area contributed by atoms with Gasteiger partial charge >= 0.3 is 0 Å². The van der Waals surface area contributed by atoms with E-state index in [9.17, 15) is 0 Å². The highest BCUT2D eigenvalue weighted by molar-refractivity contribution is 14.1. The van der Waals surface area contributed by atoms with E-state index >= 15 is 0 Å². The summed E-state index contributed by atoms with van der Waals surface area (Å²) in [5.41, 5.74) is 1.51. The average Bonchev–Trinajstić information content (AvgIpc) is 2.32. The van der Waals surface area contributed by atoms with Gasteiger partial charge < -0.3 is 5.32 Å². The SMILES string of the molecule is CCCNCC1CCC1Cc1ccc(I)cc1. The zero-order valence-corrected chi connectivity index (χ0v) is 12.7. The Balaban J connectivity index is 1.77. The number of hydrogen-bond acceptors (Lipinski definition) is 1. The second-order valence-corrected chi connectivity index (χ2v) is 6.38. The van der Waals surface area contributed by atoms with E-state index in [0.29, 0.717) is 0 Å². The molecule has 2 heteroatoms. The highest BCUT2D eigenvalue weighted by Crippen LogP contribution is 2.36. The zero-order chi connectivity index (χ0) is 12.1. The molecule has 0 spiro atoms. The molecule has 1 N–H and O–H groups in total. The van der Waals surface area contributed by atoms with E-state index in [2.05, 4.69) is 59.1 Å². The standard InChI is InChI=1S/C15H22IN/c1-2-9-17-11-14-6-5-13(14)10-12-3-7-15(16)8-4-12/h3-4,7-8,13-14,17H,2,5-6,9-11H2,1H3. The van der Waals surface area contributed by atoms with Crippen molar-refractivity contribution in [2.75, 3.05) is 13.1 Å². The smallest absolute Gasteiger partial charge is 0.0130 e. The predicted molar refractivity (Wildman–Crippen MR) is 82.2 cm³/mol. The van der Waals surface area contributed by atoms with Gasteiger partial charge in [0.2, 0.25) is 0 Å². The first kappa shape index (κ1) is 13.3. The zero-order valence-electron chi connectivity index (χ0n) is 10.6. The van der Waals surface area contributed by atoms with Crippen molar-refractivity contribution in [1.29, 1.82) is 0 Å². The molecule has 1 saturated carbocycles. The molecule has 1 aromatic carbocycles. The summed E-state index contributed by atoms with van der Waals surface area (Å²) in [7, 11) is 0. The lowest BCUT2D eigenvalue weighted by Gasteiger charge is -2.37. The molecule has 2 unspecified atom stereocenters. The fourth-order valence-electron chi connectivity index (χ4n) is 2.56. The van der Waals surface area contributed by atoms with Crippen LogP contribution in [0.5, 0.6) is 0 Å². The van der Waals surface area contributed by atoms with Crippen molar-refractivity contribution in [2.45, 2.75) is 32.6 Å². The third-order valence-electron chi connectivity index (χ3n) is 3.82. The summed E-state index contributed by atoms with van der Waals surface area (Å²) in [5.74, 6) is 1.83. The molecule has 1 fully saturated rings. The third-order valence-corrected chi connectivity index (χ3v) is 4.54. The molecule has 0 heterocycles. The summed E-state index contributed by atoms with van der Waals surface area (Å²) in [5, 5.41) is 3.56. The molecule has 17 heavy (non-hydrogen) atoms. The van der Waals surface area contributed by atoms with Crippen LogP contribution in [0.15, 0.2) is 24.3 Å². The van der Waals surface area contributed by atoms with Crippen molar-refractivity contribution >= 4 is 22.6 Å². The fourth-order valence-corrected chi connectivity index (χ4v) is 2.92. The maximum absolute atomic E-state index is 3.56. The molecular formula is C15H22IN. The molecule has 0 amide bonds. The van der Waals surface area contributed by atoms with Crippen molar-refractivity contribution in [3.05, 3.63) is 33.4 Å². The van der Waals surface area contributed by atoms with E-state index in [4.69, 9.17) is 0 Å². The number of rotatable bonds is 6. The molecule has 2 rings (SSSR count). The van der Waals surface area contributed by atoms with Crippen molar-refractivity contribution < 1.29 is 0 Å². The fraction of sp³-hybridized carbons (Fsp3) is 0.600. The molecular weight excluding hydrogens is 321 g/mol. The van der Waals surface area contributed by atoms with Gasteiger partial charge in [0.15, 0.2) is 0 Å². The molecule has 2 atom stereocenters. The minimum Gasteiger partial charge on any atom is -0.316 e. The van der Waals surface area contributed by atoms with Gasteiger partial charge in [0.1, 0.15) is 0 Å². The lowest BCUT2D eigenvalue weighted by molar-refractivity contribution is 0.171. The normalized spacial score (nSPS) is 23.4. The Morgan fingerprint density at radius 1 is 1.18 bits per heavy atom. The summed E-state index contributed by atoms with van der Waals surface area (Å²) in [6, 6.07) is 9.02. The van der Waals surface area contributed by atoms with Gasteiger partial charge in [-0.15, -0.1) is 0 Å². The van der Waals surface area contributed by atoms with Gasteiger partial charge in [-0.25, -0.2) is 0 Å². The minimum atomic E-state index is 0.916. The molecule has 1 aromatic rings. The van der Waals surface area contributed by atoms with Crippen LogP contribution in [-0.4, -0.2) is 13.1 Å². The predicted octanol–water partition coefficient (Wildman–Crippen LogP) is 3.86. The third kappa shape index (κ3) is 3.95. The van der Waals surface area contributed by atoms with Crippen LogP contribution in [0.4, 0.5) is 0 Å². The van der Waals surface area contributed by atoms with Crippen molar-refractivity contribution in [1.82, 2.24) is 5.32 Å². The van der Waals surface area contributed by atoms with Gasteiger partial charge in [0.25, 0.3) is 0 Å². The van der Waals surface area contributed by atoms with Crippen LogP contribution in [0.2, 0.25) is 0 Å². The van der Waals surface area contributed by atoms with Crippen LogP contribution in [-0.2, 0) is 6.42 Å². The van der Waals surface area contributed by atoms with Crippen LogP contribution in [0.25, 0.3) is 0 Å². The van der Waals surface area contributed by atoms with E-state index in [1.807, 2.05) is 0 Å². The van der Waals surface area contributed by atoms with Gasteiger partial charge in [0.05, 0.1) is 0 Å². The maximum atomic E-state index is 3.56. The molecule has 1 aliphatic rings. The van der Waals surface area contributed by atoms with E-state index in [0.717, 1.165) is 11.8 Å². The Morgan fingerprint density at radius 3 is 2.47 bits per heavy atom. The van der Waals surface area contributed by atoms with Gasteiger partial charge in [-0.1, -0.05) is 19.1 Å². The van der Waals surface area contributed by atoms with E-state index in [-0.39, 0.29) is 0 Å². The van der Waals surface area contributed by atoms with Gasteiger partial charge in [-0.2, -0.15) is 0 Å². The van der Waals surface area contributed by atoms with Crippen LogP contribution < -0.4 is 5.32 Å². The molecule has 0 aliphatic heterocycles. The van der Waals surface area contributed by atoms with E-state index in [1.165, 1.54) is 47.9 Å². The van der Waals surface area contributed by atoms with Gasteiger partial charge in [-0.05, 0) is 90.9 Å². The Hall–Kier alpha value is -0.0900. The number of benzene rings is 1. The minimum absolute atomic E-state index is 0.916. The Morgan fingerprint density at radius 2 is 1.88 bits per heavy atom. The number of nitrogens with one attached hydrogen (secondary N) is 1. The van der Waals surface area contributed by atoms with Gasteiger partial charge in [-0.3, -0.25) is 0 Å². The van der Waals surface area contributed by atoms with Crippen molar-refractivity contribution in [2.24, 2.45) is 11.8 Å². The largest absolute Gasteiger partial charge is 0.316 e. The highest BCUT2D eigenvalue weighted by atomic mass is 127. The number of hydrogen-bond donors (Lipinski definition) is 1. The van der Waals surface area contributed by atoms with Crippen molar-refractivity contribution in [3.63, 3.8) is 0 Å². The van der Waals surface area contributed by atoms with Crippen molar-refractivity contribution in [3.8, 4) is 0 Å². The molecule has 1 aliphatic carbocycles. The maximum Gasteiger partial charge on any atom is 0.0130 e. The molecule has 0 saturated heterocycles. The number of halogens is 1. The second kappa shape index (κ2) is 6.74. The van der Waals surface area contributed by atoms with Gasteiger partial charge in [0, 0.05) is 3.57 Å². The Labute approximate surface area is 119 Å². The summed E-state index contributed by atoms with van der Waals surface area (Å²) in [4.78, 5) is 0. The average molecular weight is 343 g/mol. The molecule has 0 bridgehead atoms. The summed E-state index contributed by atoms with van der Waals surface area (Å²) < 4.78 is 1.33. The van der Waals surface area contributed by atoms with Crippen LogP contribution in [0, 0.1) is 15.4 Å². The quantitative estimate of drug-likeness (QED) is 0.611. The highest BCUT2D eigenvalue weighted by Gasteiger charge is 2.29. The van der Waals surface area contributed by atoms with Crippen LogP contribution in [0.3, 0.4) is 0 Å². The summed E-state index contributed by atoms with van der Waals surface area (Å²) in [6.07, 6.45) is 5.36. The topological polar surface area (TPSA) is 12.0 Å². The van der Waals surface area contributed by atoms with E-state index < -0.39 is 0 Å². The van der Waals surface area contributed by atoms with Crippen LogP contribution >= 0.6 is 22.6 Å². The van der Waals surface area contributed by atoms with E-state index in [1.54, 1.807) is 0 Å². The molecule has 94 valence electrons. The molecule has 0 radical (unpaired) electrons. The molecule has 0 aromatic heterocycles.